The molecule has 0 fully saturated rings. The highest BCUT2D eigenvalue weighted by molar-refractivity contribution is 5.85. The number of hydrogen-bond donors (Lipinski definition) is 2. The quantitative estimate of drug-likeness (QED) is 0.597. The SMILES string of the molecule is C#Cc1cccc(NC/C=C(/C)C(=O)O)c1. The van der Waals surface area contributed by atoms with Gasteiger partial charge in [-0.05, 0) is 25.1 Å². The molecule has 0 aliphatic rings. The monoisotopic (exact) mass is 215 g/mol. The molecule has 0 unspecified atom stereocenters. The van der Waals surface area contributed by atoms with Crippen molar-refractivity contribution in [1.29, 1.82) is 0 Å². The van der Waals surface area contributed by atoms with E-state index in [4.69, 9.17) is 11.5 Å². The summed E-state index contributed by atoms with van der Waals surface area (Å²) in [5.74, 6) is 1.63. The molecule has 16 heavy (non-hydrogen) atoms. The maximum Gasteiger partial charge on any atom is 0.331 e. The third-order valence-electron chi connectivity index (χ3n) is 2.08. The summed E-state index contributed by atoms with van der Waals surface area (Å²) in [4.78, 5) is 10.5. The molecule has 0 spiro atoms. The molecule has 3 nitrogen and oxygen atoms in total. The average Bonchev–Trinajstić information content (AvgIpc) is 2.29. The van der Waals surface area contributed by atoms with Gasteiger partial charge in [0.15, 0.2) is 0 Å². The third kappa shape index (κ3) is 3.50. The summed E-state index contributed by atoms with van der Waals surface area (Å²) in [6, 6.07) is 7.41. The van der Waals surface area contributed by atoms with Crippen molar-refractivity contribution in [2.45, 2.75) is 6.92 Å². The number of anilines is 1. The van der Waals surface area contributed by atoms with Crippen LogP contribution < -0.4 is 5.32 Å². The van der Waals surface area contributed by atoms with Gasteiger partial charge in [-0.1, -0.05) is 18.1 Å². The summed E-state index contributed by atoms with van der Waals surface area (Å²) in [6.45, 7) is 2.02. The summed E-state index contributed by atoms with van der Waals surface area (Å²) in [5, 5.41) is 11.7. The van der Waals surface area contributed by atoms with E-state index in [2.05, 4.69) is 11.2 Å². The maximum absolute atomic E-state index is 10.5. The standard InChI is InChI=1S/C13H13NO2/c1-3-11-5-4-6-12(9-11)14-8-7-10(2)13(15)16/h1,4-7,9,14H,8H2,2H3,(H,15,16)/b10-7-. The molecule has 0 heterocycles. The van der Waals surface area contributed by atoms with Crippen LogP contribution in [0.1, 0.15) is 12.5 Å². The van der Waals surface area contributed by atoms with E-state index in [1.165, 1.54) is 0 Å². The smallest absolute Gasteiger partial charge is 0.331 e. The van der Waals surface area contributed by atoms with Crippen LogP contribution in [0.4, 0.5) is 5.69 Å². The van der Waals surface area contributed by atoms with E-state index in [1.54, 1.807) is 13.0 Å². The summed E-state index contributed by atoms with van der Waals surface area (Å²) in [5.41, 5.74) is 1.99. The highest BCUT2D eigenvalue weighted by Gasteiger charge is 1.98. The van der Waals surface area contributed by atoms with Gasteiger partial charge in [-0.25, -0.2) is 4.79 Å². The molecule has 0 radical (unpaired) electrons. The number of carboxylic acids is 1. The zero-order chi connectivity index (χ0) is 12.0. The van der Waals surface area contributed by atoms with Crippen molar-refractivity contribution in [3.05, 3.63) is 41.5 Å². The first-order valence-corrected chi connectivity index (χ1v) is 4.84. The van der Waals surface area contributed by atoms with E-state index in [1.807, 2.05) is 24.3 Å². The van der Waals surface area contributed by atoms with Gasteiger partial charge in [-0.15, -0.1) is 6.42 Å². The minimum Gasteiger partial charge on any atom is -0.478 e. The molecular formula is C13H13NO2. The van der Waals surface area contributed by atoms with Crippen LogP contribution in [0.5, 0.6) is 0 Å². The first-order valence-electron chi connectivity index (χ1n) is 4.84. The second kappa shape index (κ2) is 5.62. The van der Waals surface area contributed by atoms with Crippen molar-refractivity contribution < 1.29 is 9.90 Å². The van der Waals surface area contributed by atoms with E-state index in [0.29, 0.717) is 12.1 Å². The molecule has 0 saturated heterocycles. The van der Waals surface area contributed by atoms with Crippen molar-refractivity contribution >= 4 is 11.7 Å². The second-order valence-corrected chi connectivity index (χ2v) is 3.30. The fraction of sp³-hybridized carbons (Fsp3) is 0.154. The lowest BCUT2D eigenvalue weighted by Crippen LogP contribution is -2.03. The average molecular weight is 215 g/mol. The fourth-order valence-electron chi connectivity index (χ4n) is 1.13. The Balaban J connectivity index is 2.59. The summed E-state index contributed by atoms with van der Waals surface area (Å²) in [6.07, 6.45) is 6.88. The van der Waals surface area contributed by atoms with Gasteiger partial charge in [0.2, 0.25) is 0 Å². The maximum atomic E-state index is 10.5. The zero-order valence-corrected chi connectivity index (χ0v) is 9.03. The molecule has 3 heteroatoms. The van der Waals surface area contributed by atoms with E-state index >= 15 is 0 Å². The molecule has 1 rings (SSSR count). The Kier molecular flexibility index (Phi) is 4.16. The number of carbonyl (C=O) groups is 1. The molecule has 1 aromatic rings. The van der Waals surface area contributed by atoms with E-state index in [0.717, 1.165) is 11.3 Å². The molecule has 0 aromatic heterocycles. The number of aliphatic carboxylic acids is 1. The molecule has 1 aromatic carbocycles. The third-order valence-corrected chi connectivity index (χ3v) is 2.08. The predicted octanol–water partition coefficient (Wildman–Crippen LogP) is 2.11. The predicted molar refractivity (Wildman–Crippen MR) is 64.3 cm³/mol. The van der Waals surface area contributed by atoms with Crippen molar-refractivity contribution in [2.75, 3.05) is 11.9 Å². The number of nitrogens with one attached hydrogen (secondary N) is 1. The molecule has 0 aliphatic heterocycles. The van der Waals surface area contributed by atoms with E-state index in [9.17, 15) is 4.79 Å². The number of hydrogen-bond acceptors (Lipinski definition) is 2. The second-order valence-electron chi connectivity index (χ2n) is 3.30. The Morgan fingerprint density at radius 3 is 3.00 bits per heavy atom. The van der Waals surface area contributed by atoms with Crippen molar-refractivity contribution in [3.8, 4) is 12.3 Å². The Labute approximate surface area is 94.8 Å². The van der Waals surface area contributed by atoms with Gasteiger partial charge in [-0.3, -0.25) is 0 Å². The minimum atomic E-state index is -0.904. The molecule has 2 N–H and O–H groups in total. The molecule has 0 bridgehead atoms. The summed E-state index contributed by atoms with van der Waals surface area (Å²) < 4.78 is 0. The number of terminal acetylenes is 1. The van der Waals surface area contributed by atoms with Gasteiger partial charge in [0.05, 0.1) is 0 Å². The largest absolute Gasteiger partial charge is 0.478 e. The van der Waals surface area contributed by atoms with Crippen LogP contribution in [0.15, 0.2) is 35.9 Å². The lowest BCUT2D eigenvalue weighted by molar-refractivity contribution is -0.132. The molecule has 0 aliphatic carbocycles. The molecule has 0 saturated carbocycles. The Hall–Kier alpha value is -2.21. The van der Waals surface area contributed by atoms with Crippen LogP contribution in [0.3, 0.4) is 0 Å². The summed E-state index contributed by atoms with van der Waals surface area (Å²) in [7, 11) is 0. The van der Waals surface area contributed by atoms with E-state index in [-0.39, 0.29) is 0 Å². The Bertz CT molecular complexity index is 455. The molecule has 0 amide bonds. The van der Waals surface area contributed by atoms with Crippen molar-refractivity contribution in [1.82, 2.24) is 0 Å². The topological polar surface area (TPSA) is 49.3 Å². The molecule has 0 atom stereocenters. The van der Waals surface area contributed by atoms with Crippen molar-refractivity contribution in [2.24, 2.45) is 0 Å². The number of rotatable bonds is 4. The van der Waals surface area contributed by atoms with Gasteiger partial charge >= 0.3 is 5.97 Å². The molecule has 82 valence electrons. The van der Waals surface area contributed by atoms with Crippen LogP contribution >= 0.6 is 0 Å². The van der Waals surface area contributed by atoms with E-state index < -0.39 is 5.97 Å². The normalized spacial score (nSPS) is 10.6. The first-order chi connectivity index (χ1) is 7.63. The minimum absolute atomic E-state index is 0.320. The van der Waals surface area contributed by atoms with Crippen LogP contribution in [0, 0.1) is 12.3 Å². The van der Waals surface area contributed by atoms with Crippen molar-refractivity contribution in [3.63, 3.8) is 0 Å². The number of carboxylic acid groups (broad SMARTS) is 1. The van der Waals surface area contributed by atoms with Gasteiger partial charge in [-0.2, -0.15) is 0 Å². The van der Waals surface area contributed by atoms with Crippen LogP contribution in [0.2, 0.25) is 0 Å². The lowest BCUT2D eigenvalue weighted by atomic mass is 10.2. The highest BCUT2D eigenvalue weighted by Crippen LogP contribution is 2.09. The van der Waals surface area contributed by atoms with Gasteiger partial charge in [0, 0.05) is 23.4 Å². The number of benzene rings is 1. The van der Waals surface area contributed by atoms with Crippen LogP contribution in [-0.4, -0.2) is 17.6 Å². The fourth-order valence-corrected chi connectivity index (χ4v) is 1.13. The van der Waals surface area contributed by atoms with Gasteiger partial charge in [0.1, 0.15) is 0 Å². The van der Waals surface area contributed by atoms with Crippen LogP contribution in [0.25, 0.3) is 0 Å². The van der Waals surface area contributed by atoms with Gasteiger partial charge in [0.25, 0.3) is 0 Å². The first kappa shape index (κ1) is 11.9. The molecular weight excluding hydrogens is 202 g/mol. The highest BCUT2D eigenvalue weighted by atomic mass is 16.4. The Morgan fingerprint density at radius 1 is 1.62 bits per heavy atom. The van der Waals surface area contributed by atoms with Gasteiger partial charge < -0.3 is 10.4 Å². The lowest BCUT2D eigenvalue weighted by Gasteiger charge is -2.03. The van der Waals surface area contributed by atoms with Crippen LogP contribution in [-0.2, 0) is 4.79 Å². The zero-order valence-electron chi connectivity index (χ0n) is 9.03. The Morgan fingerprint density at radius 2 is 2.38 bits per heavy atom. The summed E-state index contributed by atoms with van der Waals surface area (Å²) >= 11 is 0.